The fourth-order valence-corrected chi connectivity index (χ4v) is 2.02. The minimum absolute atomic E-state index is 0.0539. The molecule has 1 saturated heterocycles. The van der Waals surface area contributed by atoms with Gasteiger partial charge in [0.05, 0.1) is 13.0 Å². The van der Waals surface area contributed by atoms with Crippen LogP contribution in [0.25, 0.3) is 0 Å². The van der Waals surface area contributed by atoms with Crippen LogP contribution >= 0.6 is 0 Å². The van der Waals surface area contributed by atoms with E-state index in [1.165, 1.54) is 7.11 Å². The van der Waals surface area contributed by atoms with Crippen LogP contribution in [0.3, 0.4) is 0 Å². The van der Waals surface area contributed by atoms with E-state index in [2.05, 4.69) is 20.4 Å². The van der Waals surface area contributed by atoms with Crippen LogP contribution in [0.4, 0.5) is 4.79 Å². The van der Waals surface area contributed by atoms with Crippen LogP contribution in [0.2, 0.25) is 0 Å². The third kappa shape index (κ3) is 6.13. The van der Waals surface area contributed by atoms with Gasteiger partial charge in [0.15, 0.2) is 5.96 Å². The van der Waals surface area contributed by atoms with Crippen molar-refractivity contribution < 1.29 is 23.9 Å². The Kier molecular flexibility index (Phi) is 6.35. The zero-order valence-corrected chi connectivity index (χ0v) is 13.8. The van der Waals surface area contributed by atoms with Crippen molar-refractivity contribution in [3.8, 4) is 0 Å². The van der Waals surface area contributed by atoms with Crippen molar-refractivity contribution in [2.24, 2.45) is 16.6 Å². The van der Waals surface area contributed by atoms with E-state index in [4.69, 9.17) is 10.5 Å². The Morgan fingerprint density at radius 3 is 2.57 bits per heavy atom. The van der Waals surface area contributed by atoms with Gasteiger partial charge in [-0.3, -0.25) is 15.1 Å². The molecule has 9 nitrogen and oxygen atoms in total. The van der Waals surface area contributed by atoms with Crippen molar-refractivity contribution in [3.63, 3.8) is 0 Å². The summed E-state index contributed by atoms with van der Waals surface area (Å²) in [6, 6.07) is -0.589. The van der Waals surface area contributed by atoms with Crippen molar-refractivity contribution in [1.82, 2.24) is 10.6 Å². The first-order valence-corrected chi connectivity index (χ1v) is 7.32. The summed E-state index contributed by atoms with van der Waals surface area (Å²) in [5, 5.41) is 4.80. The number of nitrogens with two attached hydrogens (primary N) is 1. The summed E-state index contributed by atoms with van der Waals surface area (Å²) >= 11 is 0. The Balaban J connectivity index is 2.31. The number of esters is 1. The zero-order chi connectivity index (χ0) is 17.6. The number of methoxy groups -OCH3 is 1. The number of hydrogen-bond acceptors (Lipinski definition) is 6. The van der Waals surface area contributed by atoms with Gasteiger partial charge >= 0.3 is 12.1 Å². The number of alkyl carbamates (subject to hydrolysis) is 1. The highest BCUT2D eigenvalue weighted by atomic mass is 16.6. The lowest BCUT2D eigenvalue weighted by Crippen LogP contribution is -2.62. The number of nitrogens with one attached hydrogen (secondary N) is 2. The molecule has 0 aliphatic carbocycles. The van der Waals surface area contributed by atoms with E-state index in [1.807, 2.05) is 0 Å². The fraction of sp³-hybridized carbons (Fsp3) is 0.714. The van der Waals surface area contributed by atoms with E-state index in [9.17, 15) is 14.4 Å². The van der Waals surface area contributed by atoms with Crippen molar-refractivity contribution in [3.05, 3.63) is 0 Å². The van der Waals surface area contributed by atoms with E-state index in [0.29, 0.717) is 19.4 Å². The van der Waals surface area contributed by atoms with Crippen LogP contribution in [-0.4, -0.2) is 49.2 Å². The van der Waals surface area contributed by atoms with E-state index < -0.39 is 29.6 Å². The van der Waals surface area contributed by atoms with E-state index in [0.717, 1.165) is 0 Å². The van der Waals surface area contributed by atoms with Gasteiger partial charge in [0, 0.05) is 6.54 Å². The van der Waals surface area contributed by atoms with Gasteiger partial charge in [0.1, 0.15) is 11.6 Å². The molecule has 1 rings (SSSR count). The molecule has 0 spiro atoms. The number of rotatable bonds is 5. The molecule has 0 aromatic heterocycles. The molecule has 23 heavy (non-hydrogen) atoms. The molecule has 1 heterocycles. The summed E-state index contributed by atoms with van der Waals surface area (Å²) in [5.41, 5.74) is 4.95. The summed E-state index contributed by atoms with van der Waals surface area (Å²) in [5.74, 6) is -1.09. The average Bonchev–Trinajstić information content (AvgIpc) is 2.41. The third-order valence-electron chi connectivity index (χ3n) is 3.08. The molecule has 2 atom stereocenters. The predicted octanol–water partition coefficient (Wildman–Crippen LogP) is -0.106. The minimum Gasteiger partial charge on any atom is -0.467 e. The largest absolute Gasteiger partial charge is 0.467 e. The van der Waals surface area contributed by atoms with Crippen LogP contribution in [-0.2, 0) is 19.1 Å². The summed E-state index contributed by atoms with van der Waals surface area (Å²) in [7, 11) is 1.28. The molecule has 130 valence electrons. The Bertz CT molecular complexity index is 498. The number of nitrogens with zero attached hydrogens (tertiary/aromatic N) is 1. The lowest BCUT2D eigenvalue weighted by atomic mass is 9.86. The van der Waals surface area contributed by atoms with Gasteiger partial charge in [0.2, 0.25) is 5.91 Å². The molecule has 0 radical (unpaired) electrons. The minimum atomic E-state index is -0.678. The molecular weight excluding hydrogens is 304 g/mol. The molecule has 0 saturated carbocycles. The highest BCUT2D eigenvalue weighted by Gasteiger charge is 2.44. The lowest BCUT2D eigenvalue weighted by Gasteiger charge is -2.34. The summed E-state index contributed by atoms with van der Waals surface area (Å²) in [6.45, 7) is 5.53. The first-order chi connectivity index (χ1) is 10.6. The van der Waals surface area contributed by atoms with Crippen LogP contribution in [0.5, 0.6) is 0 Å². The highest BCUT2D eigenvalue weighted by Crippen LogP contribution is 2.21. The summed E-state index contributed by atoms with van der Waals surface area (Å²) < 4.78 is 9.63. The molecule has 9 heteroatoms. The maximum absolute atomic E-state index is 11.5. The van der Waals surface area contributed by atoms with Crippen LogP contribution < -0.4 is 16.4 Å². The Hall–Kier alpha value is -2.32. The molecule has 1 fully saturated rings. The predicted molar refractivity (Wildman–Crippen MR) is 82.5 cm³/mol. The average molecular weight is 328 g/mol. The number of β-lactam (4-membered cyclic amide) rings is 1. The molecule has 0 bridgehead atoms. The normalized spacial score (nSPS) is 21.0. The van der Waals surface area contributed by atoms with Gasteiger partial charge in [0.25, 0.3) is 0 Å². The number of carbonyl (C=O) groups is 3. The molecule has 1 aliphatic rings. The first-order valence-electron chi connectivity index (χ1n) is 7.32. The number of carbonyl (C=O) groups excluding carboxylic acids is 3. The number of aliphatic imine (C=N–C) groups is 1. The van der Waals surface area contributed by atoms with Gasteiger partial charge in [-0.1, -0.05) is 0 Å². The van der Waals surface area contributed by atoms with Crippen molar-refractivity contribution in [2.45, 2.75) is 45.3 Å². The third-order valence-corrected chi connectivity index (χ3v) is 3.08. The maximum Gasteiger partial charge on any atom is 0.414 e. The van der Waals surface area contributed by atoms with Gasteiger partial charge in [-0.25, -0.2) is 9.59 Å². The number of guanidine groups is 1. The Morgan fingerprint density at radius 2 is 2.04 bits per heavy atom. The summed E-state index contributed by atoms with van der Waals surface area (Å²) in [6.07, 6.45) is 0.347. The topological polar surface area (TPSA) is 132 Å². The second kappa shape index (κ2) is 7.80. The van der Waals surface area contributed by atoms with Crippen molar-refractivity contribution in [1.29, 1.82) is 0 Å². The quantitative estimate of drug-likeness (QED) is 0.212. The number of hydrogen-bond donors (Lipinski definition) is 3. The van der Waals surface area contributed by atoms with E-state index in [1.54, 1.807) is 20.8 Å². The SMILES string of the molecule is COC(=O)[C@H]1NC(=O)[C@@H]1CCCN=C(N)NC(=O)OC(C)(C)C. The van der Waals surface area contributed by atoms with Crippen LogP contribution in [0, 0.1) is 5.92 Å². The molecule has 2 amide bonds. The summed E-state index contributed by atoms with van der Waals surface area (Å²) in [4.78, 5) is 38.2. The monoisotopic (exact) mass is 328 g/mol. The lowest BCUT2D eigenvalue weighted by molar-refractivity contribution is -0.155. The Labute approximate surface area is 135 Å². The Morgan fingerprint density at radius 1 is 1.39 bits per heavy atom. The van der Waals surface area contributed by atoms with Gasteiger partial charge < -0.3 is 20.5 Å². The second-order valence-electron chi connectivity index (χ2n) is 6.15. The molecule has 0 unspecified atom stereocenters. The zero-order valence-electron chi connectivity index (χ0n) is 13.8. The number of amides is 2. The molecule has 4 N–H and O–H groups in total. The van der Waals surface area contributed by atoms with E-state index >= 15 is 0 Å². The van der Waals surface area contributed by atoms with E-state index in [-0.39, 0.29) is 11.9 Å². The molecular formula is C14H24N4O5. The molecule has 0 aromatic rings. The smallest absolute Gasteiger partial charge is 0.414 e. The standard InChI is InChI=1S/C14H24N4O5/c1-14(2,3)23-13(21)18-12(15)16-7-5-6-8-9(11(20)22-4)17-10(8)19/h8-9H,5-7H2,1-4H3,(H,17,19)(H3,15,16,18,21)/t8-,9+/m1/s1. The van der Waals surface area contributed by atoms with Crippen LogP contribution in [0.1, 0.15) is 33.6 Å². The van der Waals surface area contributed by atoms with Gasteiger partial charge in [-0.05, 0) is 33.6 Å². The first kappa shape index (κ1) is 18.7. The van der Waals surface area contributed by atoms with Crippen LogP contribution in [0.15, 0.2) is 4.99 Å². The van der Waals surface area contributed by atoms with Gasteiger partial charge in [-0.2, -0.15) is 0 Å². The number of ether oxygens (including phenoxy) is 2. The highest BCUT2D eigenvalue weighted by molar-refractivity contribution is 5.97. The van der Waals surface area contributed by atoms with Crippen molar-refractivity contribution in [2.75, 3.05) is 13.7 Å². The maximum atomic E-state index is 11.5. The molecule has 1 aliphatic heterocycles. The van der Waals surface area contributed by atoms with Gasteiger partial charge in [-0.15, -0.1) is 0 Å². The second-order valence-corrected chi connectivity index (χ2v) is 6.15. The molecule has 0 aromatic carbocycles. The fourth-order valence-electron chi connectivity index (χ4n) is 2.02. The van der Waals surface area contributed by atoms with Crippen molar-refractivity contribution >= 4 is 23.9 Å².